The van der Waals surface area contributed by atoms with Crippen molar-refractivity contribution >= 4 is 45.0 Å². The molecule has 3 aromatic rings. The monoisotopic (exact) mass is 362 g/mol. The zero-order valence-electron chi connectivity index (χ0n) is 13.7. The Balaban J connectivity index is 1.46. The Hall–Kier alpha value is -3.06. The molecule has 0 saturated carbocycles. The van der Waals surface area contributed by atoms with Crippen LogP contribution in [0.3, 0.4) is 0 Å². The van der Waals surface area contributed by atoms with Gasteiger partial charge in [-0.3, -0.25) is 14.6 Å². The highest BCUT2D eigenvalue weighted by atomic mass is 32.2. The summed E-state index contributed by atoms with van der Waals surface area (Å²) in [6.07, 6.45) is 0. The van der Waals surface area contributed by atoms with E-state index in [-0.39, 0.29) is 17.2 Å². The van der Waals surface area contributed by atoms with Crippen LogP contribution in [0.25, 0.3) is 10.8 Å². The summed E-state index contributed by atoms with van der Waals surface area (Å²) < 4.78 is 0. The van der Waals surface area contributed by atoms with Gasteiger partial charge < -0.3 is 15.2 Å². The van der Waals surface area contributed by atoms with Crippen molar-refractivity contribution in [1.82, 2.24) is 4.98 Å². The number of nitrogens with zero attached hydrogens (tertiary/aromatic N) is 2. The summed E-state index contributed by atoms with van der Waals surface area (Å²) in [7, 11) is 0. The molecule has 0 atom stereocenters. The van der Waals surface area contributed by atoms with Gasteiger partial charge in [0, 0.05) is 22.5 Å². The number of hydrogen-bond acceptors (Lipinski definition) is 5. The van der Waals surface area contributed by atoms with Crippen LogP contribution in [0.4, 0.5) is 11.4 Å². The van der Waals surface area contributed by atoms with Gasteiger partial charge in [0.15, 0.2) is 5.17 Å². The van der Waals surface area contributed by atoms with E-state index in [0.29, 0.717) is 11.1 Å². The molecule has 6 nitrogen and oxygen atoms in total. The van der Waals surface area contributed by atoms with Gasteiger partial charge in [-0.25, -0.2) is 0 Å². The molecule has 2 aliphatic rings. The number of carbonyl (C=O) groups excluding carboxylic acids is 1. The Morgan fingerprint density at radius 3 is 3.00 bits per heavy atom. The summed E-state index contributed by atoms with van der Waals surface area (Å²) >= 11 is 1.65. The number of pyridine rings is 1. The smallest absolute Gasteiger partial charge is 0.272 e. The number of aromatic nitrogens is 1. The van der Waals surface area contributed by atoms with Crippen molar-refractivity contribution in [2.45, 2.75) is 4.90 Å². The van der Waals surface area contributed by atoms with Crippen LogP contribution in [0.15, 0.2) is 63.2 Å². The predicted octanol–water partition coefficient (Wildman–Crippen LogP) is 3.06. The Bertz CT molecular complexity index is 1150. The van der Waals surface area contributed by atoms with Gasteiger partial charge in [-0.2, -0.15) is 0 Å². The van der Waals surface area contributed by atoms with Crippen molar-refractivity contribution in [3.05, 3.63) is 64.6 Å². The Kier molecular flexibility index (Phi) is 3.36. The molecule has 5 rings (SSSR count). The minimum absolute atomic E-state index is 0.243. The average molecular weight is 362 g/mol. The van der Waals surface area contributed by atoms with E-state index >= 15 is 0 Å². The van der Waals surface area contributed by atoms with E-state index in [9.17, 15) is 9.59 Å². The number of nitrogens with one attached hydrogen (secondary N) is 2. The van der Waals surface area contributed by atoms with E-state index in [1.165, 1.54) is 0 Å². The fourth-order valence-corrected chi connectivity index (χ4v) is 4.32. The van der Waals surface area contributed by atoms with Crippen LogP contribution in [-0.4, -0.2) is 29.1 Å². The van der Waals surface area contributed by atoms with E-state index in [1.54, 1.807) is 30.0 Å². The number of amides is 1. The molecule has 0 aliphatic carbocycles. The van der Waals surface area contributed by atoms with Gasteiger partial charge in [0.1, 0.15) is 5.69 Å². The number of thioether (sulfide) groups is 1. The molecule has 1 amide bonds. The van der Waals surface area contributed by atoms with Crippen LogP contribution >= 0.6 is 11.8 Å². The van der Waals surface area contributed by atoms with Crippen molar-refractivity contribution in [2.24, 2.45) is 4.99 Å². The third-order valence-corrected chi connectivity index (χ3v) is 5.61. The lowest BCUT2D eigenvalue weighted by atomic mass is 10.1. The first-order valence-corrected chi connectivity index (χ1v) is 9.08. The summed E-state index contributed by atoms with van der Waals surface area (Å²) in [6.45, 7) is 1.67. The standard InChI is InChI=1S/C19H14N4O2S/c24-17-13-4-2-1-3-11(13)9-14(22-17)18(25)21-12-5-6-16-15(10-12)23-8-7-20-19(23)26-16/h1-6,9-10H,7-8H2,(H,21,25)(H,22,24). The Labute approximate surface area is 152 Å². The van der Waals surface area contributed by atoms with E-state index in [4.69, 9.17) is 0 Å². The minimum Gasteiger partial charge on any atom is -0.321 e. The highest BCUT2D eigenvalue weighted by Gasteiger charge is 2.29. The van der Waals surface area contributed by atoms with Crippen LogP contribution in [0.2, 0.25) is 0 Å². The highest BCUT2D eigenvalue weighted by Crippen LogP contribution is 2.43. The summed E-state index contributed by atoms with van der Waals surface area (Å²) in [4.78, 5) is 35.2. The maximum Gasteiger partial charge on any atom is 0.272 e. The number of carbonyl (C=O) groups is 1. The summed E-state index contributed by atoms with van der Waals surface area (Å²) in [6, 6.07) is 14.7. The summed E-state index contributed by atoms with van der Waals surface area (Å²) in [5.41, 5.74) is 1.73. The SMILES string of the molecule is O=C(Nc1ccc2c(c1)N1CCN=C1S2)c1cc2ccccc2c(=O)[nH]1. The topological polar surface area (TPSA) is 77.6 Å². The van der Waals surface area contributed by atoms with Crippen molar-refractivity contribution in [1.29, 1.82) is 0 Å². The van der Waals surface area contributed by atoms with E-state index in [1.807, 2.05) is 30.3 Å². The van der Waals surface area contributed by atoms with Gasteiger partial charge >= 0.3 is 0 Å². The van der Waals surface area contributed by atoms with Crippen LogP contribution in [0, 0.1) is 0 Å². The van der Waals surface area contributed by atoms with Gasteiger partial charge in [0.2, 0.25) is 0 Å². The molecule has 0 radical (unpaired) electrons. The average Bonchev–Trinajstić information content (AvgIpc) is 3.23. The van der Waals surface area contributed by atoms with Crippen molar-refractivity contribution in [2.75, 3.05) is 23.3 Å². The fraction of sp³-hybridized carbons (Fsp3) is 0.105. The second kappa shape index (κ2) is 5.74. The van der Waals surface area contributed by atoms with Crippen molar-refractivity contribution in [3.8, 4) is 0 Å². The lowest BCUT2D eigenvalue weighted by molar-refractivity contribution is 0.102. The molecular formula is C19H14N4O2S. The minimum atomic E-state index is -0.339. The van der Waals surface area contributed by atoms with Crippen molar-refractivity contribution in [3.63, 3.8) is 0 Å². The van der Waals surface area contributed by atoms with Crippen LogP contribution in [0.5, 0.6) is 0 Å². The van der Waals surface area contributed by atoms with Gasteiger partial charge in [-0.15, -0.1) is 0 Å². The van der Waals surface area contributed by atoms with E-state index < -0.39 is 0 Å². The summed E-state index contributed by atoms with van der Waals surface area (Å²) in [5.74, 6) is -0.339. The molecule has 3 heterocycles. The second-order valence-corrected chi connectivity index (χ2v) is 7.16. The number of benzene rings is 2. The molecule has 0 bridgehead atoms. The third kappa shape index (κ3) is 2.40. The molecular weight excluding hydrogens is 348 g/mol. The number of amidine groups is 1. The van der Waals surface area contributed by atoms with Crippen LogP contribution in [-0.2, 0) is 0 Å². The Morgan fingerprint density at radius 2 is 2.08 bits per heavy atom. The summed E-state index contributed by atoms with van der Waals surface area (Å²) in [5, 5.41) is 5.20. The molecule has 0 unspecified atom stereocenters. The lowest BCUT2D eigenvalue weighted by Crippen LogP contribution is -2.21. The lowest BCUT2D eigenvalue weighted by Gasteiger charge is -2.13. The maximum atomic E-state index is 12.6. The second-order valence-electron chi connectivity index (χ2n) is 6.15. The number of fused-ring (bicyclic) bond motifs is 4. The molecule has 7 heteroatoms. The first kappa shape index (κ1) is 15.2. The van der Waals surface area contributed by atoms with Crippen LogP contribution in [0.1, 0.15) is 10.5 Å². The van der Waals surface area contributed by atoms with Gasteiger partial charge in [-0.05, 0) is 47.5 Å². The molecule has 26 heavy (non-hydrogen) atoms. The molecule has 1 aromatic heterocycles. The first-order chi connectivity index (χ1) is 12.7. The van der Waals surface area contributed by atoms with E-state index in [0.717, 1.165) is 34.2 Å². The molecule has 2 aliphatic heterocycles. The molecule has 2 aromatic carbocycles. The zero-order valence-corrected chi connectivity index (χ0v) is 14.5. The van der Waals surface area contributed by atoms with Crippen LogP contribution < -0.4 is 15.8 Å². The molecule has 0 fully saturated rings. The normalized spacial score (nSPS) is 14.9. The van der Waals surface area contributed by atoms with Gasteiger partial charge in [0.25, 0.3) is 11.5 Å². The number of hydrogen-bond donors (Lipinski definition) is 2. The number of anilines is 2. The molecule has 2 N–H and O–H groups in total. The van der Waals surface area contributed by atoms with Crippen molar-refractivity contribution < 1.29 is 4.79 Å². The molecule has 0 spiro atoms. The molecule has 128 valence electrons. The number of H-pyrrole nitrogens is 1. The predicted molar refractivity (Wildman–Crippen MR) is 104 cm³/mol. The Morgan fingerprint density at radius 1 is 1.19 bits per heavy atom. The quantitative estimate of drug-likeness (QED) is 0.734. The molecule has 0 saturated heterocycles. The van der Waals surface area contributed by atoms with Gasteiger partial charge in [0.05, 0.1) is 12.2 Å². The fourth-order valence-electron chi connectivity index (χ4n) is 3.26. The largest absolute Gasteiger partial charge is 0.321 e. The number of aromatic amines is 1. The van der Waals surface area contributed by atoms with E-state index in [2.05, 4.69) is 20.2 Å². The third-order valence-electron chi connectivity index (χ3n) is 4.51. The first-order valence-electron chi connectivity index (χ1n) is 8.26. The maximum absolute atomic E-state index is 12.6. The highest BCUT2D eigenvalue weighted by molar-refractivity contribution is 8.14. The number of aliphatic imine (C=N–C) groups is 1. The zero-order chi connectivity index (χ0) is 17.7. The number of rotatable bonds is 2. The van der Waals surface area contributed by atoms with Gasteiger partial charge in [-0.1, -0.05) is 18.2 Å².